The highest BCUT2D eigenvalue weighted by molar-refractivity contribution is 5.44. The summed E-state index contributed by atoms with van der Waals surface area (Å²) in [6.45, 7) is 3.74. The van der Waals surface area contributed by atoms with Gasteiger partial charge in [0, 0.05) is 38.5 Å². The first-order valence-electron chi connectivity index (χ1n) is 7.42. The predicted octanol–water partition coefficient (Wildman–Crippen LogP) is 2.36. The molecule has 0 aliphatic carbocycles. The zero-order chi connectivity index (χ0) is 13.5. The number of nitrogens with zero attached hydrogens (tertiary/aromatic N) is 2. The highest BCUT2D eigenvalue weighted by Gasteiger charge is 2.23. The number of anilines is 1. The Labute approximate surface area is 116 Å². The van der Waals surface area contributed by atoms with Gasteiger partial charge in [0.2, 0.25) is 0 Å². The molecule has 0 spiro atoms. The largest absolute Gasteiger partial charge is 0.396 e. The Bertz CT molecular complexity index is 355. The molecule has 0 bridgehead atoms. The van der Waals surface area contributed by atoms with Crippen LogP contribution in [-0.2, 0) is 0 Å². The lowest BCUT2D eigenvalue weighted by Crippen LogP contribution is -2.36. The molecule has 19 heavy (non-hydrogen) atoms. The molecule has 1 aromatic rings. The van der Waals surface area contributed by atoms with E-state index in [2.05, 4.69) is 47.2 Å². The molecule has 1 aliphatic heterocycles. The van der Waals surface area contributed by atoms with Crippen molar-refractivity contribution in [2.24, 2.45) is 0 Å². The van der Waals surface area contributed by atoms with Crippen molar-refractivity contribution in [2.45, 2.75) is 31.7 Å². The maximum Gasteiger partial charge on any atom is 0.0431 e. The Kier molecular flexibility index (Phi) is 5.67. The first-order valence-corrected chi connectivity index (χ1v) is 7.42. The van der Waals surface area contributed by atoms with E-state index >= 15 is 0 Å². The number of rotatable bonds is 7. The number of aliphatic hydroxyl groups excluding tert-OH is 1. The number of likely N-dealkylation sites (tertiary alicyclic amines) is 1. The van der Waals surface area contributed by atoms with Gasteiger partial charge < -0.3 is 10.0 Å². The number of hydrogen-bond acceptors (Lipinski definition) is 3. The van der Waals surface area contributed by atoms with Gasteiger partial charge in [0.1, 0.15) is 0 Å². The van der Waals surface area contributed by atoms with E-state index in [0.29, 0.717) is 12.6 Å². The summed E-state index contributed by atoms with van der Waals surface area (Å²) in [6, 6.07) is 11.2. The van der Waals surface area contributed by atoms with E-state index in [1.165, 1.54) is 25.1 Å². The van der Waals surface area contributed by atoms with Gasteiger partial charge in [0.15, 0.2) is 0 Å². The predicted molar refractivity (Wildman–Crippen MR) is 80.6 cm³/mol. The second-order valence-electron chi connectivity index (χ2n) is 5.45. The van der Waals surface area contributed by atoms with E-state index < -0.39 is 0 Å². The highest BCUT2D eigenvalue weighted by Crippen LogP contribution is 2.21. The average Bonchev–Trinajstić information content (AvgIpc) is 2.91. The van der Waals surface area contributed by atoms with E-state index in [0.717, 1.165) is 25.9 Å². The molecule has 1 saturated heterocycles. The van der Waals surface area contributed by atoms with E-state index in [1.54, 1.807) is 0 Å². The maximum atomic E-state index is 8.95. The molecule has 0 aromatic heterocycles. The first kappa shape index (κ1) is 14.4. The van der Waals surface area contributed by atoms with Gasteiger partial charge in [-0.1, -0.05) is 18.2 Å². The molecule has 3 nitrogen and oxygen atoms in total. The van der Waals surface area contributed by atoms with Crippen LogP contribution in [0.4, 0.5) is 5.69 Å². The van der Waals surface area contributed by atoms with Crippen LogP contribution in [0.25, 0.3) is 0 Å². The van der Waals surface area contributed by atoms with Crippen LogP contribution in [0.15, 0.2) is 30.3 Å². The van der Waals surface area contributed by atoms with Crippen molar-refractivity contribution in [3.63, 3.8) is 0 Å². The van der Waals surface area contributed by atoms with Gasteiger partial charge in [-0.05, 0) is 44.4 Å². The Morgan fingerprint density at radius 2 is 2.11 bits per heavy atom. The van der Waals surface area contributed by atoms with Crippen molar-refractivity contribution in [2.75, 3.05) is 38.2 Å². The Morgan fingerprint density at radius 3 is 2.84 bits per heavy atom. The SMILES string of the molecule is CN(CCN1CCC[C@@H]1CCCO)c1ccccc1. The monoisotopic (exact) mass is 262 g/mol. The Balaban J connectivity index is 1.78. The average molecular weight is 262 g/mol. The molecule has 2 rings (SSSR count). The minimum absolute atomic E-state index is 0.328. The lowest BCUT2D eigenvalue weighted by Gasteiger charge is -2.27. The van der Waals surface area contributed by atoms with Gasteiger partial charge >= 0.3 is 0 Å². The quantitative estimate of drug-likeness (QED) is 0.817. The molecule has 0 amide bonds. The number of likely N-dealkylation sites (N-methyl/N-ethyl adjacent to an activating group) is 1. The lowest BCUT2D eigenvalue weighted by molar-refractivity contribution is 0.219. The fourth-order valence-corrected chi connectivity index (χ4v) is 2.93. The van der Waals surface area contributed by atoms with Crippen molar-refractivity contribution in [1.82, 2.24) is 4.90 Å². The van der Waals surface area contributed by atoms with Gasteiger partial charge in [-0.25, -0.2) is 0 Å². The molecule has 1 heterocycles. The van der Waals surface area contributed by atoms with Gasteiger partial charge in [-0.3, -0.25) is 4.90 Å². The van der Waals surface area contributed by atoms with Crippen LogP contribution < -0.4 is 4.90 Å². The third-order valence-electron chi connectivity index (χ3n) is 4.11. The van der Waals surface area contributed by atoms with Crippen LogP contribution in [0.2, 0.25) is 0 Å². The number of para-hydroxylation sites is 1. The summed E-state index contributed by atoms with van der Waals surface area (Å²) in [5.41, 5.74) is 1.29. The molecule has 1 fully saturated rings. The van der Waals surface area contributed by atoms with Crippen molar-refractivity contribution in [3.05, 3.63) is 30.3 Å². The molecule has 1 aliphatic rings. The van der Waals surface area contributed by atoms with E-state index in [-0.39, 0.29) is 0 Å². The zero-order valence-electron chi connectivity index (χ0n) is 12.0. The molecule has 3 heteroatoms. The van der Waals surface area contributed by atoms with Crippen LogP contribution in [0.1, 0.15) is 25.7 Å². The van der Waals surface area contributed by atoms with Gasteiger partial charge in [-0.15, -0.1) is 0 Å². The molecule has 0 radical (unpaired) electrons. The molecule has 1 aromatic carbocycles. The summed E-state index contributed by atoms with van der Waals surface area (Å²) >= 11 is 0. The topological polar surface area (TPSA) is 26.7 Å². The summed E-state index contributed by atoms with van der Waals surface area (Å²) in [5.74, 6) is 0. The highest BCUT2D eigenvalue weighted by atomic mass is 16.2. The minimum Gasteiger partial charge on any atom is -0.396 e. The Morgan fingerprint density at radius 1 is 1.32 bits per heavy atom. The summed E-state index contributed by atoms with van der Waals surface area (Å²) < 4.78 is 0. The first-order chi connectivity index (χ1) is 9.31. The van der Waals surface area contributed by atoms with E-state index in [4.69, 9.17) is 5.11 Å². The van der Waals surface area contributed by atoms with Crippen molar-refractivity contribution >= 4 is 5.69 Å². The van der Waals surface area contributed by atoms with Crippen molar-refractivity contribution in [3.8, 4) is 0 Å². The van der Waals surface area contributed by atoms with Crippen LogP contribution in [-0.4, -0.2) is 49.3 Å². The molecule has 0 saturated carbocycles. The molecule has 1 N–H and O–H groups in total. The smallest absolute Gasteiger partial charge is 0.0431 e. The summed E-state index contributed by atoms with van der Waals surface area (Å²) in [4.78, 5) is 4.91. The fraction of sp³-hybridized carbons (Fsp3) is 0.625. The maximum absolute atomic E-state index is 8.95. The standard InChI is InChI=1S/C16H26N2O/c1-17(15-7-3-2-4-8-15)12-13-18-11-5-9-16(18)10-6-14-19/h2-4,7-8,16,19H,5-6,9-14H2,1H3/t16-/m1/s1. The Hall–Kier alpha value is -1.06. The normalized spacial score (nSPS) is 19.8. The minimum atomic E-state index is 0.328. The van der Waals surface area contributed by atoms with Gasteiger partial charge in [-0.2, -0.15) is 0 Å². The number of hydrogen-bond donors (Lipinski definition) is 1. The van der Waals surface area contributed by atoms with Crippen LogP contribution in [0.3, 0.4) is 0 Å². The van der Waals surface area contributed by atoms with E-state index in [9.17, 15) is 0 Å². The number of aliphatic hydroxyl groups is 1. The third-order valence-corrected chi connectivity index (χ3v) is 4.11. The summed E-state index contributed by atoms with van der Waals surface area (Å²) in [5, 5.41) is 8.95. The van der Waals surface area contributed by atoms with Crippen LogP contribution in [0.5, 0.6) is 0 Å². The molecule has 0 unspecified atom stereocenters. The van der Waals surface area contributed by atoms with Crippen molar-refractivity contribution < 1.29 is 5.11 Å². The molecule has 1 atom stereocenters. The van der Waals surface area contributed by atoms with Gasteiger partial charge in [0.25, 0.3) is 0 Å². The lowest BCUT2D eigenvalue weighted by atomic mass is 10.1. The van der Waals surface area contributed by atoms with Crippen LogP contribution in [0, 0.1) is 0 Å². The van der Waals surface area contributed by atoms with Gasteiger partial charge in [0.05, 0.1) is 0 Å². The van der Waals surface area contributed by atoms with Crippen molar-refractivity contribution in [1.29, 1.82) is 0 Å². The summed E-state index contributed by atoms with van der Waals surface area (Å²) in [7, 11) is 2.16. The molecular weight excluding hydrogens is 236 g/mol. The third kappa shape index (κ3) is 4.22. The van der Waals surface area contributed by atoms with E-state index in [1.807, 2.05) is 0 Å². The summed E-state index contributed by atoms with van der Waals surface area (Å²) in [6.07, 6.45) is 4.70. The molecular formula is C16H26N2O. The second kappa shape index (κ2) is 7.51. The number of benzene rings is 1. The van der Waals surface area contributed by atoms with Crippen LogP contribution >= 0.6 is 0 Å². The molecule has 106 valence electrons. The second-order valence-corrected chi connectivity index (χ2v) is 5.45. The fourth-order valence-electron chi connectivity index (χ4n) is 2.93. The zero-order valence-corrected chi connectivity index (χ0v) is 12.0.